The molecule has 0 radical (unpaired) electrons. The van der Waals surface area contributed by atoms with Crippen LogP contribution in [0, 0.1) is 0 Å². The van der Waals surface area contributed by atoms with Gasteiger partial charge in [-0.2, -0.15) is 0 Å². The summed E-state index contributed by atoms with van der Waals surface area (Å²) < 4.78 is 12.4. The predicted molar refractivity (Wildman–Crippen MR) is 66.3 cm³/mol. The molecule has 3 heteroatoms. The Morgan fingerprint density at radius 2 is 1.82 bits per heavy atom. The zero-order valence-electron chi connectivity index (χ0n) is 9.22. The second kappa shape index (κ2) is 4.09. The Bertz CT molecular complexity index is 605. The van der Waals surface area contributed by atoms with Crippen LogP contribution in [0.4, 0.5) is 0 Å². The van der Waals surface area contributed by atoms with Gasteiger partial charge in [-0.25, -0.2) is 4.21 Å². The van der Waals surface area contributed by atoms with Crippen LogP contribution in [0.2, 0.25) is 0 Å². The molecule has 0 amide bonds. The van der Waals surface area contributed by atoms with Gasteiger partial charge in [0.15, 0.2) is 0 Å². The summed E-state index contributed by atoms with van der Waals surface area (Å²) in [4.78, 5) is 1.74. The van der Waals surface area contributed by atoms with Gasteiger partial charge in [0.2, 0.25) is 0 Å². The Morgan fingerprint density at radius 1 is 1.06 bits per heavy atom. The highest BCUT2D eigenvalue weighted by Crippen LogP contribution is 2.33. The quantitative estimate of drug-likeness (QED) is 0.713. The van der Waals surface area contributed by atoms with Crippen LogP contribution in [-0.2, 0) is 23.8 Å². The molecule has 0 aromatic heterocycles. The average Bonchev–Trinajstić information content (AvgIpc) is 2.38. The topological polar surface area (TPSA) is 37.3 Å². The van der Waals surface area contributed by atoms with Gasteiger partial charge in [0.1, 0.15) is 0 Å². The summed E-state index contributed by atoms with van der Waals surface area (Å²) in [5.41, 5.74) is 3.00. The molecular formula is C14H12O2S. The molecule has 0 aliphatic carbocycles. The van der Waals surface area contributed by atoms with Crippen molar-refractivity contribution >= 4 is 10.8 Å². The molecule has 1 aliphatic rings. The van der Waals surface area contributed by atoms with Crippen molar-refractivity contribution in [2.75, 3.05) is 0 Å². The molecule has 17 heavy (non-hydrogen) atoms. The minimum Gasteiger partial charge on any atom is -0.392 e. The molecule has 1 heterocycles. The number of aliphatic hydroxyl groups is 1. The highest BCUT2D eigenvalue weighted by atomic mass is 32.2. The zero-order chi connectivity index (χ0) is 11.8. The van der Waals surface area contributed by atoms with E-state index in [-0.39, 0.29) is 6.61 Å². The van der Waals surface area contributed by atoms with E-state index >= 15 is 0 Å². The largest absolute Gasteiger partial charge is 0.392 e. The third-order valence-corrected chi connectivity index (χ3v) is 4.72. The van der Waals surface area contributed by atoms with Gasteiger partial charge in [0.25, 0.3) is 0 Å². The van der Waals surface area contributed by atoms with Crippen molar-refractivity contribution in [1.29, 1.82) is 0 Å². The lowest BCUT2D eigenvalue weighted by atomic mass is 9.99. The highest BCUT2D eigenvalue weighted by Gasteiger charge is 2.23. The van der Waals surface area contributed by atoms with Crippen LogP contribution >= 0.6 is 0 Å². The lowest BCUT2D eigenvalue weighted by Crippen LogP contribution is -2.11. The third-order valence-electron chi connectivity index (χ3n) is 3.14. The van der Waals surface area contributed by atoms with E-state index in [1.165, 1.54) is 0 Å². The van der Waals surface area contributed by atoms with Gasteiger partial charge in [-0.3, -0.25) is 0 Å². The van der Waals surface area contributed by atoms with Crippen LogP contribution in [0.15, 0.2) is 52.3 Å². The molecule has 2 aromatic rings. The van der Waals surface area contributed by atoms with Gasteiger partial charge >= 0.3 is 0 Å². The number of fused-ring (bicyclic) bond motifs is 2. The molecule has 1 N–H and O–H groups in total. The van der Waals surface area contributed by atoms with E-state index in [0.717, 1.165) is 32.9 Å². The zero-order valence-corrected chi connectivity index (χ0v) is 10.0. The van der Waals surface area contributed by atoms with Crippen molar-refractivity contribution < 1.29 is 9.32 Å². The molecule has 0 fully saturated rings. The summed E-state index contributed by atoms with van der Waals surface area (Å²) in [6.45, 7) is 0.00252. The summed E-state index contributed by atoms with van der Waals surface area (Å²) in [5, 5.41) is 9.33. The van der Waals surface area contributed by atoms with E-state index in [9.17, 15) is 9.32 Å². The van der Waals surface area contributed by atoms with E-state index in [1.807, 2.05) is 42.5 Å². The fourth-order valence-electron chi connectivity index (χ4n) is 2.27. The molecule has 86 valence electrons. The van der Waals surface area contributed by atoms with Gasteiger partial charge in [-0.05, 0) is 28.8 Å². The smallest absolute Gasteiger partial charge is 0.0855 e. The number of aliphatic hydroxyl groups excluding tert-OH is 1. The van der Waals surface area contributed by atoms with Crippen LogP contribution in [-0.4, -0.2) is 9.32 Å². The molecule has 3 rings (SSSR count). The van der Waals surface area contributed by atoms with E-state index in [1.54, 1.807) is 0 Å². The Kier molecular flexibility index (Phi) is 2.57. The number of benzene rings is 2. The fraction of sp³-hybridized carbons (Fsp3) is 0.143. The summed E-state index contributed by atoms with van der Waals surface area (Å²) >= 11 is 0. The standard InChI is InChI=1S/C14H12O2S/c15-9-11-5-3-7-14-12(11)8-10-4-1-2-6-13(10)17(14)16/h1-7,15H,8-9H2. The first kappa shape index (κ1) is 10.7. The molecule has 1 unspecified atom stereocenters. The predicted octanol–water partition coefficient (Wildman–Crippen LogP) is 2.25. The first-order valence-electron chi connectivity index (χ1n) is 5.52. The highest BCUT2D eigenvalue weighted by molar-refractivity contribution is 7.85. The molecule has 1 aliphatic heterocycles. The van der Waals surface area contributed by atoms with Crippen molar-refractivity contribution in [2.24, 2.45) is 0 Å². The minimum absolute atomic E-state index is 0.00252. The Hall–Kier alpha value is -1.45. The monoisotopic (exact) mass is 244 g/mol. The van der Waals surface area contributed by atoms with Crippen LogP contribution in [0.1, 0.15) is 16.7 Å². The first-order chi connectivity index (χ1) is 8.31. The second-order valence-electron chi connectivity index (χ2n) is 4.11. The second-order valence-corrected chi connectivity index (χ2v) is 5.52. The van der Waals surface area contributed by atoms with Gasteiger partial charge in [-0.15, -0.1) is 0 Å². The van der Waals surface area contributed by atoms with Gasteiger partial charge in [0.05, 0.1) is 17.4 Å². The fourth-order valence-corrected chi connectivity index (χ4v) is 3.72. The van der Waals surface area contributed by atoms with Crippen LogP contribution in [0.3, 0.4) is 0 Å². The van der Waals surface area contributed by atoms with Crippen molar-refractivity contribution in [3.05, 3.63) is 59.2 Å². The first-order valence-corrected chi connectivity index (χ1v) is 6.67. The Morgan fingerprint density at radius 3 is 2.65 bits per heavy atom. The SMILES string of the molecule is O=S1c2ccccc2Cc2c(CO)cccc21. The minimum atomic E-state index is -1.11. The molecule has 1 atom stereocenters. The molecule has 0 saturated carbocycles. The van der Waals surface area contributed by atoms with E-state index in [0.29, 0.717) is 0 Å². The lowest BCUT2D eigenvalue weighted by Gasteiger charge is -2.20. The molecule has 2 aromatic carbocycles. The molecule has 0 bridgehead atoms. The number of hydrogen-bond acceptors (Lipinski definition) is 2. The van der Waals surface area contributed by atoms with E-state index in [2.05, 4.69) is 0 Å². The third kappa shape index (κ3) is 1.63. The van der Waals surface area contributed by atoms with E-state index < -0.39 is 10.8 Å². The summed E-state index contributed by atoms with van der Waals surface area (Å²) in [7, 11) is -1.11. The van der Waals surface area contributed by atoms with Crippen LogP contribution in [0.25, 0.3) is 0 Å². The Balaban J connectivity index is 2.23. The molecule has 2 nitrogen and oxygen atoms in total. The van der Waals surface area contributed by atoms with E-state index in [4.69, 9.17) is 0 Å². The number of hydrogen-bond donors (Lipinski definition) is 1. The van der Waals surface area contributed by atoms with Crippen molar-refractivity contribution in [1.82, 2.24) is 0 Å². The number of rotatable bonds is 1. The van der Waals surface area contributed by atoms with Crippen molar-refractivity contribution in [2.45, 2.75) is 22.8 Å². The van der Waals surface area contributed by atoms with Crippen LogP contribution in [0.5, 0.6) is 0 Å². The summed E-state index contributed by atoms with van der Waals surface area (Å²) in [5.74, 6) is 0. The molecule has 0 spiro atoms. The Labute approximate surface area is 102 Å². The lowest BCUT2D eigenvalue weighted by molar-refractivity contribution is 0.280. The maximum Gasteiger partial charge on any atom is 0.0855 e. The maximum atomic E-state index is 12.4. The van der Waals surface area contributed by atoms with Crippen LogP contribution < -0.4 is 0 Å². The molecule has 0 saturated heterocycles. The van der Waals surface area contributed by atoms with Gasteiger partial charge < -0.3 is 5.11 Å². The normalized spacial score (nSPS) is 17.4. The van der Waals surface area contributed by atoms with Gasteiger partial charge in [-0.1, -0.05) is 30.3 Å². The van der Waals surface area contributed by atoms with Crippen molar-refractivity contribution in [3.8, 4) is 0 Å². The average molecular weight is 244 g/mol. The van der Waals surface area contributed by atoms with Crippen molar-refractivity contribution in [3.63, 3.8) is 0 Å². The van der Waals surface area contributed by atoms with Gasteiger partial charge in [0, 0.05) is 16.2 Å². The molecular weight excluding hydrogens is 232 g/mol. The summed E-state index contributed by atoms with van der Waals surface area (Å²) in [6, 6.07) is 13.4. The maximum absolute atomic E-state index is 12.4. The summed E-state index contributed by atoms with van der Waals surface area (Å²) in [6.07, 6.45) is 0.758.